The first-order valence-electron chi connectivity index (χ1n) is 12.5. The highest BCUT2D eigenvalue weighted by molar-refractivity contribution is 8.01. The lowest BCUT2D eigenvalue weighted by atomic mass is 9.90. The van der Waals surface area contributed by atoms with E-state index in [0.29, 0.717) is 35.6 Å². The molecule has 1 aromatic heterocycles. The molecule has 1 N–H and O–H groups in total. The first-order chi connectivity index (χ1) is 16.9. The Balaban J connectivity index is 1.58. The second kappa shape index (κ2) is 11.8. The molecule has 188 valence electrons. The number of amides is 1. The Hall–Kier alpha value is -2.09. The number of Topliss-reactive ketones (excluding diaryl/α,β-unsaturated/α-hetero) is 1. The fraction of sp³-hybridized carbons (Fsp3) is 0.519. The standard InChI is InChI=1S/C27H35ClN4O2S/c1-3-14-35-18-23-15-24-26(34)31(17-20-10-12-21(28)13-11-20)27(2,19-32(24)30-23)25(33)16-29-22-8-6-4-5-7-9-22/h3,10-15,22,29H,4-9,16-19H2,1-2H3/b14-3-. The predicted molar refractivity (Wildman–Crippen MR) is 143 cm³/mol. The van der Waals surface area contributed by atoms with Gasteiger partial charge in [0.05, 0.1) is 18.8 Å². The number of ketones is 1. The Bertz CT molecular complexity index is 1060. The molecule has 1 atom stereocenters. The fourth-order valence-corrected chi connectivity index (χ4v) is 5.70. The van der Waals surface area contributed by atoms with Gasteiger partial charge in [0.25, 0.3) is 5.91 Å². The highest BCUT2D eigenvalue weighted by atomic mass is 35.5. The number of rotatable bonds is 9. The van der Waals surface area contributed by atoms with Gasteiger partial charge in [-0.3, -0.25) is 14.3 Å². The van der Waals surface area contributed by atoms with E-state index >= 15 is 0 Å². The first kappa shape index (κ1) is 26.0. The molecule has 0 spiro atoms. The molecular weight excluding hydrogens is 480 g/mol. The molecule has 1 amide bonds. The van der Waals surface area contributed by atoms with E-state index in [1.807, 2.05) is 55.7 Å². The quantitative estimate of drug-likeness (QED) is 0.441. The second-order valence-corrected chi connectivity index (χ2v) is 11.1. The van der Waals surface area contributed by atoms with Crippen LogP contribution in [0.25, 0.3) is 0 Å². The van der Waals surface area contributed by atoms with Crippen molar-refractivity contribution in [2.45, 2.75) is 82.8 Å². The number of nitrogens with one attached hydrogen (secondary N) is 1. The van der Waals surface area contributed by atoms with E-state index in [4.69, 9.17) is 16.7 Å². The first-order valence-corrected chi connectivity index (χ1v) is 14.0. The van der Waals surface area contributed by atoms with Crippen molar-refractivity contribution in [3.63, 3.8) is 0 Å². The van der Waals surface area contributed by atoms with E-state index in [0.717, 1.165) is 24.1 Å². The monoisotopic (exact) mass is 514 g/mol. The number of aromatic nitrogens is 2. The maximum Gasteiger partial charge on any atom is 0.273 e. The van der Waals surface area contributed by atoms with Crippen molar-refractivity contribution in [1.29, 1.82) is 0 Å². The Morgan fingerprint density at radius 3 is 2.63 bits per heavy atom. The summed E-state index contributed by atoms with van der Waals surface area (Å²) < 4.78 is 1.73. The Morgan fingerprint density at radius 1 is 1.23 bits per heavy atom. The normalized spacial score (nSPS) is 21.3. The van der Waals surface area contributed by atoms with Crippen molar-refractivity contribution >= 4 is 35.1 Å². The molecule has 1 aromatic carbocycles. The van der Waals surface area contributed by atoms with Crippen LogP contribution < -0.4 is 5.32 Å². The van der Waals surface area contributed by atoms with E-state index in [1.54, 1.807) is 21.3 Å². The minimum atomic E-state index is -0.999. The zero-order valence-electron chi connectivity index (χ0n) is 20.6. The largest absolute Gasteiger partial charge is 0.319 e. The van der Waals surface area contributed by atoms with Crippen LogP contribution in [0.2, 0.25) is 5.02 Å². The molecule has 1 unspecified atom stereocenters. The minimum Gasteiger partial charge on any atom is -0.319 e. The molecule has 1 aliphatic carbocycles. The topological polar surface area (TPSA) is 67.2 Å². The van der Waals surface area contributed by atoms with E-state index in [1.165, 1.54) is 25.7 Å². The van der Waals surface area contributed by atoms with Gasteiger partial charge in [-0.2, -0.15) is 5.10 Å². The van der Waals surface area contributed by atoms with Crippen molar-refractivity contribution < 1.29 is 9.59 Å². The van der Waals surface area contributed by atoms with Crippen molar-refractivity contribution in [2.75, 3.05) is 6.54 Å². The van der Waals surface area contributed by atoms with Crippen molar-refractivity contribution in [2.24, 2.45) is 0 Å². The summed E-state index contributed by atoms with van der Waals surface area (Å²) in [5.74, 6) is 0.546. The van der Waals surface area contributed by atoms with Crippen LogP contribution in [0.3, 0.4) is 0 Å². The molecule has 2 aromatic rings. The number of benzene rings is 1. The van der Waals surface area contributed by atoms with Gasteiger partial charge < -0.3 is 10.2 Å². The van der Waals surface area contributed by atoms with Gasteiger partial charge >= 0.3 is 0 Å². The maximum absolute atomic E-state index is 13.7. The zero-order chi connectivity index (χ0) is 24.8. The van der Waals surface area contributed by atoms with Crippen LogP contribution in [0.15, 0.2) is 41.8 Å². The molecule has 0 radical (unpaired) electrons. The summed E-state index contributed by atoms with van der Waals surface area (Å²) in [5.41, 5.74) is 1.32. The summed E-state index contributed by atoms with van der Waals surface area (Å²) in [6.45, 7) is 4.81. The minimum absolute atomic E-state index is 0.0232. The number of hydrogen-bond donors (Lipinski definition) is 1. The molecule has 35 heavy (non-hydrogen) atoms. The lowest BCUT2D eigenvalue weighted by molar-refractivity contribution is -0.130. The number of allylic oxidation sites excluding steroid dienone is 1. The molecular formula is C27H35ClN4O2S. The van der Waals surface area contributed by atoms with Gasteiger partial charge in [-0.1, -0.05) is 55.5 Å². The summed E-state index contributed by atoms with van der Waals surface area (Å²) in [5, 5.41) is 10.9. The lowest BCUT2D eigenvalue weighted by Gasteiger charge is -2.43. The van der Waals surface area contributed by atoms with Gasteiger partial charge in [0.15, 0.2) is 5.78 Å². The highest BCUT2D eigenvalue weighted by Gasteiger charge is 2.47. The molecule has 6 nitrogen and oxygen atoms in total. The molecule has 0 saturated heterocycles. The SMILES string of the molecule is C/C=C\SCc1cc2n(n1)CC(C)(C(=O)CNC1CCCCCC1)N(Cc1ccc(Cl)cc1)C2=O. The number of fused-ring (bicyclic) bond motifs is 1. The summed E-state index contributed by atoms with van der Waals surface area (Å²) in [6, 6.07) is 9.69. The smallest absolute Gasteiger partial charge is 0.273 e. The predicted octanol–water partition coefficient (Wildman–Crippen LogP) is 5.60. The molecule has 1 fully saturated rings. The van der Waals surface area contributed by atoms with E-state index < -0.39 is 5.54 Å². The summed E-state index contributed by atoms with van der Waals surface area (Å²) >= 11 is 7.71. The van der Waals surface area contributed by atoms with Gasteiger partial charge in [0.1, 0.15) is 11.2 Å². The van der Waals surface area contributed by atoms with E-state index in [2.05, 4.69) is 5.32 Å². The fourth-order valence-electron chi connectivity index (χ4n) is 4.97. The van der Waals surface area contributed by atoms with Crippen molar-refractivity contribution in [1.82, 2.24) is 20.0 Å². The van der Waals surface area contributed by atoms with Crippen LogP contribution >= 0.6 is 23.4 Å². The van der Waals surface area contributed by atoms with Gasteiger partial charge in [0.2, 0.25) is 0 Å². The highest BCUT2D eigenvalue weighted by Crippen LogP contribution is 2.31. The zero-order valence-corrected chi connectivity index (χ0v) is 22.2. The molecule has 2 aliphatic rings. The van der Waals surface area contributed by atoms with Crippen LogP contribution in [0, 0.1) is 0 Å². The average molecular weight is 515 g/mol. The summed E-state index contributed by atoms with van der Waals surface area (Å²) in [7, 11) is 0. The Kier molecular flexibility index (Phi) is 8.73. The van der Waals surface area contributed by atoms with Crippen LogP contribution in [0.5, 0.6) is 0 Å². The van der Waals surface area contributed by atoms with Crippen LogP contribution in [0.4, 0.5) is 0 Å². The molecule has 1 saturated carbocycles. The molecule has 8 heteroatoms. The molecule has 2 heterocycles. The van der Waals surface area contributed by atoms with Gasteiger partial charge in [-0.05, 0) is 55.9 Å². The number of carbonyl (C=O) groups is 2. The third kappa shape index (κ3) is 6.19. The van der Waals surface area contributed by atoms with Gasteiger partial charge in [-0.25, -0.2) is 0 Å². The third-order valence-corrected chi connectivity index (χ3v) is 8.25. The van der Waals surface area contributed by atoms with E-state index in [9.17, 15) is 9.59 Å². The number of thioether (sulfide) groups is 1. The van der Waals surface area contributed by atoms with E-state index in [-0.39, 0.29) is 18.2 Å². The molecule has 0 bridgehead atoms. The Morgan fingerprint density at radius 2 is 1.94 bits per heavy atom. The number of halogens is 1. The molecule has 4 rings (SSSR count). The van der Waals surface area contributed by atoms with Crippen molar-refractivity contribution in [3.8, 4) is 0 Å². The van der Waals surface area contributed by atoms with Crippen LogP contribution in [-0.2, 0) is 23.6 Å². The lowest BCUT2D eigenvalue weighted by Crippen LogP contribution is -2.62. The van der Waals surface area contributed by atoms with Gasteiger partial charge in [-0.15, -0.1) is 11.8 Å². The summed E-state index contributed by atoms with van der Waals surface area (Å²) in [6.07, 6.45) is 9.14. The van der Waals surface area contributed by atoms with Crippen LogP contribution in [-0.4, -0.2) is 44.5 Å². The number of carbonyl (C=O) groups excluding carboxylic acids is 2. The molecule has 1 aliphatic heterocycles. The Labute approximate surface area is 217 Å². The van der Waals surface area contributed by atoms with Crippen molar-refractivity contribution in [3.05, 3.63) is 63.8 Å². The third-order valence-electron chi connectivity index (χ3n) is 7.07. The number of hydrogen-bond acceptors (Lipinski definition) is 5. The summed E-state index contributed by atoms with van der Waals surface area (Å²) in [4.78, 5) is 29.2. The van der Waals surface area contributed by atoms with Gasteiger partial charge in [0, 0.05) is 23.4 Å². The maximum atomic E-state index is 13.7. The average Bonchev–Trinajstić information content (AvgIpc) is 3.06. The second-order valence-electron chi connectivity index (χ2n) is 9.74. The van der Waals surface area contributed by atoms with Crippen LogP contribution in [0.1, 0.15) is 74.1 Å². The number of nitrogens with zero attached hydrogens (tertiary/aromatic N) is 3.